The topological polar surface area (TPSA) is 101 Å². The molecule has 0 unspecified atom stereocenters. The van der Waals surface area contributed by atoms with Gasteiger partial charge in [0.1, 0.15) is 11.4 Å². The van der Waals surface area contributed by atoms with Gasteiger partial charge in [0.15, 0.2) is 0 Å². The predicted molar refractivity (Wildman–Crippen MR) is 208 cm³/mol. The fourth-order valence-corrected chi connectivity index (χ4v) is 11.8. The molecule has 0 aromatic heterocycles. The zero-order valence-electron chi connectivity index (χ0n) is 31.4. The van der Waals surface area contributed by atoms with Crippen LogP contribution >= 0.6 is 11.6 Å². The number of methoxy groups -OCH3 is 1. The SMILES string of the molecule is CO[C@]1(CN2CCN3CCOC[C@@H]3C2)/C=C/[C@H](C)[C@H](C)CS(=O)(=O)NC(=O)c2ccc3c(c2)N(C[C@@H]2CC[C@H]21)C[C@@]1(CCCc2cc(Cl)ccc21)CO3. The third-order valence-corrected chi connectivity index (χ3v) is 15.2. The number of piperazine rings is 1. The van der Waals surface area contributed by atoms with Crippen LogP contribution in [-0.2, 0) is 31.3 Å². The molecule has 1 saturated carbocycles. The Morgan fingerprint density at radius 1 is 1.08 bits per heavy atom. The van der Waals surface area contributed by atoms with Crippen molar-refractivity contribution in [3.05, 3.63) is 70.3 Å². The van der Waals surface area contributed by atoms with Crippen LogP contribution in [0, 0.1) is 23.7 Å². The van der Waals surface area contributed by atoms with Crippen molar-refractivity contribution in [3.8, 4) is 5.75 Å². The number of hydrogen-bond acceptors (Lipinski definition) is 9. The van der Waals surface area contributed by atoms with E-state index in [1.807, 2.05) is 32.2 Å². The van der Waals surface area contributed by atoms with Crippen molar-refractivity contribution in [1.29, 1.82) is 0 Å². The summed E-state index contributed by atoms with van der Waals surface area (Å²) in [5, 5.41) is 0.747. The van der Waals surface area contributed by atoms with Gasteiger partial charge in [-0.15, -0.1) is 0 Å². The first-order valence-electron chi connectivity index (χ1n) is 19.6. The lowest BCUT2D eigenvalue weighted by molar-refractivity contribution is -0.108. The van der Waals surface area contributed by atoms with Gasteiger partial charge in [-0.1, -0.05) is 43.7 Å². The average Bonchev–Trinajstić information content (AvgIpc) is 3.27. The summed E-state index contributed by atoms with van der Waals surface area (Å²) in [6.45, 7) is 12.2. The van der Waals surface area contributed by atoms with Crippen molar-refractivity contribution in [2.75, 3.05) is 83.4 Å². The fraction of sp³-hybridized carbons (Fsp3) is 0.634. The molecule has 4 heterocycles. The number of ether oxygens (including phenoxy) is 3. The summed E-state index contributed by atoms with van der Waals surface area (Å²) in [7, 11) is -2.06. The molecule has 2 aromatic rings. The fourth-order valence-electron chi connectivity index (χ4n) is 10.1. The molecule has 0 radical (unpaired) electrons. The van der Waals surface area contributed by atoms with Gasteiger partial charge in [0.25, 0.3) is 5.91 Å². The molecule has 288 valence electrons. The number of amides is 1. The molecule has 2 bridgehead atoms. The molecule has 3 fully saturated rings. The molecule has 2 saturated heterocycles. The van der Waals surface area contributed by atoms with Gasteiger partial charge >= 0.3 is 0 Å². The third kappa shape index (κ3) is 7.38. The quantitative estimate of drug-likeness (QED) is 0.426. The Kier molecular flexibility index (Phi) is 10.4. The van der Waals surface area contributed by atoms with Crippen LogP contribution in [0.2, 0.25) is 5.02 Å². The van der Waals surface area contributed by atoms with Crippen LogP contribution in [0.25, 0.3) is 0 Å². The second kappa shape index (κ2) is 14.8. The normalized spacial score (nSPS) is 35.4. The number of fused-ring (bicyclic) bond motifs is 5. The summed E-state index contributed by atoms with van der Waals surface area (Å²) < 4.78 is 48.6. The molecule has 10 nitrogen and oxygen atoms in total. The van der Waals surface area contributed by atoms with Crippen molar-refractivity contribution in [2.45, 2.75) is 63.0 Å². The molecule has 7 atom stereocenters. The number of nitrogens with zero attached hydrogens (tertiary/aromatic N) is 3. The monoisotopic (exact) mass is 766 g/mol. The number of carbonyl (C=O) groups is 1. The summed E-state index contributed by atoms with van der Waals surface area (Å²) in [5.41, 5.74) is 2.87. The maximum Gasteiger partial charge on any atom is 0.264 e. The van der Waals surface area contributed by atoms with E-state index in [4.69, 9.17) is 25.8 Å². The number of rotatable bonds is 3. The first-order chi connectivity index (χ1) is 25.5. The van der Waals surface area contributed by atoms with Crippen LogP contribution in [0.15, 0.2) is 48.6 Å². The van der Waals surface area contributed by atoms with E-state index in [0.717, 1.165) is 102 Å². The standard InChI is InChI=1S/C41H55ClN4O6S/c1-28-12-14-41(50-3,26-44-15-16-45-17-18-51-23-34(45)22-44)36-9-6-32(36)21-46-25-40(13-4-5-30-19-33(42)8-10-35(30)40)27-52-38-11-7-31(20-37(38)46)39(47)43-53(48,49)24-29(28)2/h7-8,10-12,14,19-20,28-29,32,34,36H,4-6,9,13,15-18,21-27H2,1-3H3,(H,43,47)/b14-12+/t28-,29+,32-,34-,36+,40-,41-/m0/s1. The minimum Gasteiger partial charge on any atom is -0.490 e. The summed E-state index contributed by atoms with van der Waals surface area (Å²) in [4.78, 5) is 21.2. The van der Waals surface area contributed by atoms with Gasteiger partial charge in [0, 0.05) is 75.0 Å². The van der Waals surface area contributed by atoms with Gasteiger partial charge in [0.05, 0.1) is 31.3 Å². The van der Waals surface area contributed by atoms with Gasteiger partial charge in [-0.3, -0.25) is 14.6 Å². The Bertz CT molecular complexity index is 1840. The highest BCUT2D eigenvalue weighted by Gasteiger charge is 2.50. The maximum absolute atomic E-state index is 13.6. The lowest BCUT2D eigenvalue weighted by Gasteiger charge is -2.53. The predicted octanol–water partition coefficient (Wildman–Crippen LogP) is 5.14. The first-order valence-corrected chi connectivity index (χ1v) is 21.6. The highest BCUT2D eigenvalue weighted by molar-refractivity contribution is 7.90. The van der Waals surface area contributed by atoms with E-state index < -0.39 is 21.5 Å². The Morgan fingerprint density at radius 2 is 1.94 bits per heavy atom. The van der Waals surface area contributed by atoms with E-state index in [-0.39, 0.29) is 28.9 Å². The number of nitrogens with one attached hydrogen (secondary N) is 1. The number of carbonyl (C=O) groups excluding carboxylic acids is 1. The zero-order valence-corrected chi connectivity index (χ0v) is 33.0. The second-order valence-corrected chi connectivity index (χ2v) is 19.0. The molecule has 8 rings (SSSR count). The Hall–Kier alpha value is -2.67. The van der Waals surface area contributed by atoms with Crippen molar-refractivity contribution in [1.82, 2.24) is 14.5 Å². The zero-order chi connectivity index (χ0) is 37.0. The molecule has 12 heteroatoms. The summed E-state index contributed by atoms with van der Waals surface area (Å²) in [5.74, 6) is 0.234. The second-order valence-electron chi connectivity index (χ2n) is 16.8. The van der Waals surface area contributed by atoms with Crippen LogP contribution in [0.5, 0.6) is 5.75 Å². The number of allylic oxidation sites excluding steroid dienone is 1. The Morgan fingerprint density at radius 3 is 2.75 bits per heavy atom. The van der Waals surface area contributed by atoms with Crippen LogP contribution in [0.4, 0.5) is 5.69 Å². The maximum atomic E-state index is 13.6. The summed E-state index contributed by atoms with van der Waals surface area (Å²) in [6, 6.07) is 12.0. The summed E-state index contributed by atoms with van der Waals surface area (Å²) >= 11 is 6.51. The lowest BCUT2D eigenvalue weighted by atomic mass is 9.63. The number of anilines is 1. The highest BCUT2D eigenvalue weighted by atomic mass is 35.5. The smallest absolute Gasteiger partial charge is 0.264 e. The molecule has 1 spiro atoms. The van der Waals surface area contributed by atoms with E-state index in [1.165, 1.54) is 11.1 Å². The molecule has 1 amide bonds. The van der Waals surface area contributed by atoms with E-state index in [0.29, 0.717) is 29.9 Å². The van der Waals surface area contributed by atoms with Gasteiger partial charge in [0.2, 0.25) is 10.0 Å². The number of benzene rings is 2. The third-order valence-electron chi connectivity index (χ3n) is 13.5. The number of hydrogen-bond donors (Lipinski definition) is 1. The van der Waals surface area contributed by atoms with E-state index in [9.17, 15) is 13.2 Å². The molecule has 53 heavy (non-hydrogen) atoms. The van der Waals surface area contributed by atoms with E-state index in [2.05, 4.69) is 50.6 Å². The first kappa shape index (κ1) is 37.3. The minimum atomic E-state index is -3.91. The van der Waals surface area contributed by atoms with Gasteiger partial charge in [-0.05, 0) is 97.2 Å². The van der Waals surface area contributed by atoms with Crippen molar-refractivity contribution >= 4 is 33.2 Å². The Balaban J connectivity index is 1.19. The van der Waals surface area contributed by atoms with Gasteiger partial charge in [-0.25, -0.2) is 13.1 Å². The van der Waals surface area contributed by atoms with E-state index >= 15 is 0 Å². The molecular weight excluding hydrogens is 712 g/mol. The molecule has 4 aliphatic heterocycles. The van der Waals surface area contributed by atoms with Gasteiger partial charge < -0.3 is 19.1 Å². The molecular formula is C41H55ClN4O6S. The van der Waals surface area contributed by atoms with Crippen LogP contribution in [0.1, 0.15) is 61.0 Å². The van der Waals surface area contributed by atoms with Crippen molar-refractivity contribution in [2.24, 2.45) is 23.7 Å². The largest absolute Gasteiger partial charge is 0.490 e. The number of morpholine rings is 1. The number of halogens is 1. The lowest BCUT2D eigenvalue weighted by Crippen LogP contribution is -2.62. The Labute approximate surface area is 320 Å². The van der Waals surface area contributed by atoms with Crippen molar-refractivity contribution in [3.63, 3.8) is 0 Å². The van der Waals surface area contributed by atoms with E-state index in [1.54, 1.807) is 6.07 Å². The van der Waals surface area contributed by atoms with Gasteiger partial charge in [-0.2, -0.15) is 0 Å². The van der Waals surface area contributed by atoms with Crippen LogP contribution in [0.3, 0.4) is 0 Å². The number of aryl methyl sites for hydroxylation is 1. The average molecular weight is 767 g/mol. The highest BCUT2D eigenvalue weighted by Crippen LogP contribution is 2.49. The van der Waals surface area contributed by atoms with Crippen molar-refractivity contribution < 1.29 is 27.4 Å². The molecule has 1 N–H and O–H groups in total. The van der Waals surface area contributed by atoms with Crippen LogP contribution in [-0.4, -0.2) is 114 Å². The summed E-state index contributed by atoms with van der Waals surface area (Å²) in [6.07, 6.45) is 9.55. The molecule has 2 aliphatic carbocycles. The minimum absolute atomic E-state index is 0.0559. The molecule has 2 aromatic carbocycles. The number of sulfonamides is 1. The van der Waals surface area contributed by atoms with Crippen LogP contribution < -0.4 is 14.4 Å². The molecule has 6 aliphatic rings.